The van der Waals surface area contributed by atoms with Gasteiger partial charge in [-0.2, -0.15) is 0 Å². The zero-order valence-corrected chi connectivity index (χ0v) is 15.7. The lowest BCUT2D eigenvalue weighted by atomic mass is 10.1. The molecule has 1 aliphatic heterocycles. The molecular formula is C19H32N2O5. The first-order valence-corrected chi connectivity index (χ1v) is 9.85. The van der Waals surface area contributed by atoms with Crippen molar-refractivity contribution in [1.82, 2.24) is 9.55 Å². The SMILES string of the molecule is CCCCCCCCCCc1cn([C@H]2C[C@H](O)[C@@H](CO)O2)c(=O)[nH]c1=O. The van der Waals surface area contributed by atoms with Gasteiger partial charge in [0.15, 0.2) is 0 Å². The number of H-pyrrole nitrogens is 1. The molecule has 3 atom stereocenters. The molecule has 0 spiro atoms. The minimum atomic E-state index is -0.819. The maximum atomic E-state index is 12.1. The summed E-state index contributed by atoms with van der Waals surface area (Å²) in [7, 11) is 0. The van der Waals surface area contributed by atoms with Gasteiger partial charge in [-0.15, -0.1) is 0 Å². The van der Waals surface area contributed by atoms with E-state index in [1.54, 1.807) is 6.20 Å². The van der Waals surface area contributed by atoms with Gasteiger partial charge in [0, 0.05) is 18.2 Å². The van der Waals surface area contributed by atoms with E-state index in [2.05, 4.69) is 11.9 Å². The summed E-state index contributed by atoms with van der Waals surface area (Å²) in [6, 6.07) is 0. The zero-order chi connectivity index (χ0) is 18.9. The molecule has 0 amide bonds. The van der Waals surface area contributed by atoms with Gasteiger partial charge >= 0.3 is 5.69 Å². The largest absolute Gasteiger partial charge is 0.394 e. The number of hydrogen-bond donors (Lipinski definition) is 3. The maximum absolute atomic E-state index is 12.1. The highest BCUT2D eigenvalue weighted by molar-refractivity contribution is 5.05. The smallest absolute Gasteiger partial charge is 0.330 e. The first kappa shape index (κ1) is 20.9. The second kappa shape index (κ2) is 10.6. The summed E-state index contributed by atoms with van der Waals surface area (Å²) in [5.41, 5.74) is -0.349. The van der Waals surface area contributed by atoms with Crippen LogP contribution in [0.1, 0.15) is 76.5 Å². The van der Waals surface area contributed by atoms with Gasteiger partial charge in [0.1, 0.15) is 12.3 Å². The number of nitrogens with zero attached hydrogens (tertiary/aromatic N) is 1. The van der Waals surface area contributed by atoms with Gasteiger partial charge in [0.05, 0.1) is 12.7 Å². The third-order valence-corrected chi connectivity index (χ3v) is 5.04. The number of unbranched alkanes of at least 4 members (excludes halogenated alkanes) is 7. The highest BCUT2D eigenvalue weighted by Crippen LogP contribution is 2.27. The number of aryl methyl sites for hydroxylation is 1. The summed E-state index contributed by atoms with van der Waals surface area (Å²) >= 11 is 0. The van der Waals surface area contributed by atoms with Gasteiger partial charge in [0.25, 0.3) is 5.56 Å². The molecule has 1 aliphatic rings. The van der Waals surface area contributed by atoms with E-state index in [4.69, 9.17) is 4.74 Å². The number of nitrogens with one attached hydrogen (secondary N) is 1. The lowest BCUT2D eigenvalue weighted by molar-refractivity contribution is -0.0460. The van der Waals surface area contributed by atoms with Crippen molar-refractivity contribution in [3.63, 3.8) is 0 Å². The number of aromatic amines is 1. The van der Waals surface area contributed by atoms with Crippen LogP contribution >= 0.6 is 0 Å². The summed E-state index contributed by atoms with van der Waals surface area (Å²) < 4.78 is 6.84. The molecule has 1 saturated heterocycles. The normalized spacial score (nSPS) is 22.8. The number of hydrogen-bond acceptors (Lipinski definition) is 5. The van der Waals surface area contributed by atoms with Crippen molar-refractivity contribution in [2.45, 2.75) is 89.6 Å². The summed E-state index contributed by atoms with van der Waals surface area (Å²) in [6.45, 7) is 1.90. The molecule has 7 nitrogen and oxygen atoms in total. The lowest BCUT2D eigenvalue weighted by Crippen LogP contribution is -2.34. The standard InChI is InChI=1S/C19H32N2O5/c1-2-3-4-5-6-7-8-9-10-14-12-21(19(25)20-18(14)24)17-11-15(23)16(13-22)26-17/h12,15-17,22-23H,2-11,13H2,1H3,(H,20,24,25)/t15-,16+,17+/m0/s1. The first-order valence-electron chi connectivity index (χ1n) is 9.85. The van der Waals surface area contributed by atoms with Gasteiger partial charge in [-0.3, -0.25) is 14.3 Å². The fraction of sp³-hybridized carbons (Fsp3) is 0.789. The van der Waals surface area contributed by atoms with Crippen molar-refractivity contribution in [2.24, 2.45) is 0 Å². The predicted molar refractivity (Wildman–Crippen MR) is 99.3 cm³/mol. The molecule has 148 valence electrons. The molecule has 0 radical (unpaired) electrons. The van der Waals surface area contributed by atoms with E-state index < -0.39 is 24.1 Å². The molecule has 0 bridgehead atoms. The molecule has 2 heterocycles. The van der Waals surface area contributed by atoms with E-state index in [0.717, 1.165) is 19.3 Å². The molecule has 26 heavy (non-hydrogen) atoms. The van der Waals surface area contributed by atoms with Crippen LogP contribution < -0.4 is 11.2 Å². The fourth-order valence-electron chi connectivity index (χ4n) is 3.42. The van der Waals surface area contributed by atoms with Gasteiger partial charge in [-0.25, -0.2) is 4.79 Å². The topological polar surface area (TPSA) is 105 Å². The van der Waals surface area contributed by atoms with Crippen LogP contribution in [0.4, 0.5) is 0 Å². The number of aromatic nitrogens is 2. The van der Waals surface area contributed by atoms with E-state index in [1.807, 2.05) is 0 Å². The third-order valence-electron chi connectivity index (χ3n) is 5.04. The predicted octanol–water partition coefficient (Wildman–Crippen LogP) is 1.86. The summed E-state index contributed by atoms with van der Waals surface area (Å²) in [4.78, 5) is 26.4. The van der Waals surface area contributed by atoms with Gasteiger partial charge in [-0.05, 0) is 12.8 Å². The Bertz CT molecular complexity index is 654. The van der Waals surface area contributed by atoms with E-state index >= 15 is 0 Å². The summed E-state index contributed by atoms with van der Waals surface area (Å²) in [5.74, 6) is 0. The first-order chi connectivity index (χ1) is 12.6. The van der Waals surface area contributed by atoms with Crippen LogP contribution in [0.2, 0.25) is 0 Å². The van der Waals surface area contributed by atoms with Crippen molar-refractivity contribution in [3.8, 4) is 0 Å². The molecule has 0 aromatic carbocycles. The third kappa shape index (κ3) is 5.79. The monoisotopic (exact) mass is 368 g/mol. The molecule has 1 fully saturated rings. The van der Waals surface area contributed by atoms with Crippen LogP contribution in [0.25, 0.3) is 0 Å². The lowest BCUT2D eigenvalue weighted by Gasteiger charge is -2.15. The van der Waals surface area contributed by atoms with Gasteiger partial charge < -0.3 is 14.9 Å². The Kier molecular flexibility index (Phi) is 8.54. The molecule has 1 aromatic rings. The number of aliphatic hydroxyl groups excluding tert-OH is 2. The average Bonchev–Trinajstić information content (AvgIpc) is 2.99. The van der Waals surface area contributed by atoms with E-state index in [0.29, 0.717) is 12.0 Å². The number of ether oxygens (including phenoxy) is 1. The Balaban J connectivity index is 1.88. The van der Waals surface area contributed by atoms with Gasteiger partial charge in [-0.1, -0.05) is 51.9 Å². The highest BCUT2D eigenvalue weighted by atomic mass is 16.5. The number of aliphatic hydroxyl groups is 2. The fourth-order valence-corrected chi connectivity index (χ4v) is 3.42. The molecule has 1 aromatic heterocycles. The van der Waals surface area contributed by atoms with Crippen LogP contribution in [0.15, 0.2) is 15.8 Å². The molecule has 0 saturated carbocycles. The minimum absolute atomic E-state index is 0.217. The summed E-state index contributed by atoms with van der Waals surface area (Å²) in [5, 5.41) is 19.0. The molecule has 0 aliphatic carbocycles. The Morgan fingerprint density at radius 3 is 2.42 bits per heavy atom. The van der Waals surface area contributed by atoms with Crippen molar-refractivity contribution in [2.75, 3.05) is 6.61 Å². The Morgan fingerprint density at radius 2 is 1.81 bits per heavy atom. The molecule has 0 unspecified atom stereocenters. The number of rotatable bonds is 11. The van der Waals surface area contributed by atoms with Crippen LogP contribution in [0.3, 0.4) is 0 Å². The average molecular weight is 368 g/mol. The van der Waals surface area contributed by atoms with Crippen LogP contribution in [0, 0.1) is 0 Å². The van der Waals surface area contributed by atoms with Crippen molar-refractivity contribution >= 4 is 0 Å². The van der Waals surface area contributed by atoms with Crippen molar-refractivity contribution < 1.29 is 14.9 Å². The van der Waals surface area contributed by atoms with E-state index in [1.165, 1.54) is 36.7 Å². The minimum Gasteiger partial charge on any atom is -0.394 e. The van der Waals surface area contributed by atoms with Crippen molar-refractivity contribution in [3.05, 3.63) is 32.6 Å². The Morgan fingerprint density at radius 1 is 1.15 bits per heavy atom. The van der Waals surface area contributed by atoms with Crippen LogP contribution in [-0.4, -0.2) is 38.6 Å². The maximum Gasteiger partial charge on any atom is 0.330 e. The van der Waals surface area contributed by atoms with Crippen molar-refractivity contribution in [1.29, 1.82) is 0 Å². The molecule has 3 N–H and O–H groups in total. The summed E-state index contributed by atoms with van der Waals surface area (Å²) in [6.07, 6.45) is 9.67. The van der Waals surface area contributed by atoms with E-state index in [9.17, 15) is 19.8 Å². The molecule has 2 rings (SSSR count). The van der Waals surface area contributed by atoms with Crippen LogP contribution in [0.5, 0.6) is 0 Å². The zero-order valence-electron chi connectivity index (χ0n) is 15.7. The van der Waals surface area contributed by atoms with Gasteiger partial charge in [0.2, 0.25) is 0 Å². The highest BCUT2D eigenvalue weighted by Gasteiger charge is 2.35. The second-order valence-corrected chi connectivity index (χ2v) is 7.16. The molecule has 7 heteroatoms. The quantitative estimate of drug-likeness (QED) is 0.517. The van der Waals surface area contributed by atoms with Crippen LogP contribution in [-0.2, 0) is 11.2 Å². The Hall–Kier alpha value is -1.44. The second-order valence-electron chi connectivity index (χ2n) is 7.16. The molecular weight excluding hydrogens is 336 g/mol. The Labute approximate surface area is 154 Å². The van der Waals surface area contributed by atoms with E-state index in [-0.39, 0.29) is 18.6 Å².